The zero-order valence-electron chi connectivity index (χ0n) is 16.8. The summed E-state index contributed by atoms with van der Waals surface area (Å²) in [4.78, 5) is 23.8. The van der Waals surface area contributed by atoms with Crippen LogP contribution in [0.4, 0.5) is 0 Å². The summed E-state index contributed by atoms with van der Waals surface area (Å²) in [7, 11) is 0. The van der Waals surface area contributed by atoms with Crippen molar-refractivity contribution in [2.24, 2.45) is 0 Å². The molecular weight excluding hydrogens is 386 g/mol. The number of thiophene rings is 1. The third-order valence-electron chi connectivity index (χ3n) is 4.45. The Morgan fingerprint density at radius 3 is 2.79 bits per heavy atom. The van der Waals surface area contributed by atoms with Crippen molar-refractivity contribution in [3.63, 3.8) is 0 Å². The summed E-state index contributed by atoms with van der Waals surface area (Å²) >= 11 is 1.55. The molecule has 0 amide bonds. The van der Waals surface area contributed by atoms with E-state index in [0.29, 0.717) is 36.8 Å². The Bertz CT molecular complexity index is 997. The summed E-state index contributed by atoms with van der Waals surface area (Å²) in [5.74, 6) is 1.66. The number of aliphatic hydroxyl groups excluding tert-OH is 1. The maximum atomic E-state index is 12.5. The molecule has 154 valence electrons. The number of nitrogens with zero attached hydrogens (tertiary/aromatic N) is 2. The van der Waals surface area contributed by atoms with Crippen LogP contribution in [0.1, 0.15) is 30.5 Å². The first-order chi connectivity index (χ1) is 14.0. The highest BCUT2D eigenvalue weighted by Crippen LogP contribution is 2.27. The predicted octanol–water partition coefficient (Wildman–Crippen LogP) is 3.54. The topological polar surface area (TPSA) is 78.5 Å². The first kappa shape index (κ1) is 21.2. The van der Waals surface area contributed by atoms with Gasteiger partial charge in [-0.05, 0) is 24.1 Å². The van der Waals surface area contributed by atoms with E-state index in [2.05, 4.69) is 30.4 Å². The standard InChI is InChI=1S/C22H27N3O3S/c1-4-10-25(12-16(26)14-28-17-8-6-5-7-9-17)13-20-23-21(27)18-11-19(15(2)3)29-22(18)24-20/h4-9,11,15-16,26H,1,10,12-14H2,2-3H3,(H,23,24,27). The Morgan fingerprint density at radius 2 is 2.10 bits per heavy atom. The first-order valence-electron chi connectivity index (χ1n) is 9.68. The van der Waals surface area contributed by atoms with Gasteiger partial charge in [-0.1, -0.05) is 38.1 Å². The lowest BCUT2D eigenvalue weighted by atomic mass is 10.2. The molecule has 1 aromatic carbocycles. The molecule has 2 heterocycles. The maximum Gasteiger partial charge on any atom is 0.259 e. The van der Waals surface area contributed by atoms with E-state index in [4.69, 9.17) is 4.74 Å². The molecule has 29 heavy (non-hydrogen) atoms. The van der Waals surface area contributed by atoms with Gasteiger partial charge in [-0.15, -0.1) is 17.9 Å². The lowest BCUT2D eigenvalue weighted by molar-refractivity contribution is 0.0689. The number of hydrogen-bond donors (Lipinski definition) is 2. The van der Waals surface area contributed by atoms with Crippen LogP contribution in [0.25, 0.3) is 10.2 Å². The van der Waals surface area contributed by atoms with Crippen LogP contribution in [0.15, 0.2) is 53.8 Å². The summed E-state index contributed by atoms with van der Waals surface area (Å²) in [6.07, 6.45) is 1.09. The van der Waals surface area contributed by atoms with Gasteiger partial charge in [0, 0.05) is 18.0 Å². The van der Waals surface area contributed by atoms with Gasteiger partial charge in [0.2, 0.25) is 0 Å². The second-order valence-electron chi connectivity index (χ2n) is 7.30. The van der Waals surface area contributed by atoms with Gasteiger partial charge in [0.05, 0.1) is 11.9 Å². The molecular formula is C22H27N3O3S. The summed E-state index contributed by atoms with van der Waals surface area (Å²) in [5.41, 5.74) is -0.125. The van der Waals surface area contributed by atoms with Crippen LogP contribution in [0.3, 0.4) is 0 Å². The molecule has 0 aliphatic carbocycles. The smallest absolute Gasteiger partial charge is 0.259 e. The molecule has 0 radical (unpaired) electrons. The van der Waals surface area contributed by atoms with Crippen molar-refractivity contribution in [1.29, 1.82) is 0 Å². The van der Waals surface area contributed by atoms with Crippen LogP contribution < -0.4 is 10.3 Å². The van der Waals surface area contributed by atoms with Gasteiger partial charge < -0.3 is 14.8 Å². The molecule has 0 bridgehead atoms. The molecule has 3 aromatic rings. The van der Waals surface area contributed by atoms with Crippen molar-refractivity contribution >= 4 is 21.6 Å². The fraction of sp³-hybridized carbons (Fsp3) is 0.364. The Morgan fingerprint density at radius 1 is 1.34 bits per heavy atom. The largest absolute Gasteiger partial charge is 0.491 e. The average Bonchev–Trinajstić information content (AvgIpc) is 3.12. The normalized spacial score (nSPS) is 12.6. The van der Waals surface area contributed by atoms with Gasteiger partial charge >= 0.3 is 0 Å². The van der Waals surface area contributed by atoms with E-state index in [9.17, 15) is 9.90 Å². The highest BCUT2D eigenvalue weighted by atomic mass is 32.1. The van der Waals surface area contributed by atoms with Crippen molar-refractivity contribution in [3.8, 4) is 5.75 Å². The van der Waals surface area contributed by atoms with Crippen molar-refractivity contribution in [2.45, 2.75) is 32.4 Å². The predicted molar refractivity (Wildman–Crippen MR) is 118 cm³/mol. The van der Waals surface area contributed by atoms with Gasteiger partial charge in [0.15, 0.2) is 0 Å². The van der Waals surface area contributed by atoms with Gasteiger partial charge in [-0.2, -0.15) is 0 Å². The molecule has 0 saturated carbocycles. The fourth-order valence-electron chi connectivity index (χ4n) is 3.01. The fourth-order valence-corrected chi connectivity index (χ4v) is 4.07. The van der Waals surface area contributed by atoms with Gasteiger partial charge in [-0.25, -0.2) is 4.98 Å². The van der Waals surface area contributed by atoms with E-state index < -0.39 is 6.10 Å². The second-order valence-corrected chi connectivity index (χ2v) is 8.36. The van der Waals surface area contributed by atoms with E-state index in [1.54, 1.807) is 17.4 Å². The molecule has 6 nitrogen and oxygen atoms in total. The van der Waals surface area contributed by atoms with Crippen LogP contribution in [0.2, 0.25) is 0 Å². The number of rotatable bonds is 10. The number of aromatic nitrogens is 2. The number of nitrogens with one attached hydrogen (secondary N) is 1. The molecule has 0 aliphatic rings. The number of para-hydroxylation sites is 1. The lowest BCUT2D eigenvalue weighted by Crippen LogP contribution is -2.36. The molecule has 3 rings (SSSR count). The first-order valence-corrected chi connectivity index (χ1v) is 10.5. The van der Waals surface area contributed by atoms with Crippen molar-refractivity contribution in [3.05, 3.63) is 70.1 Å². The number of hydrogen-bond acceptors (Lipinski definition) is 6. The van der Waals surface area contributed by atoms with Gasteiger partial charge in [-0.3, -0.25) is 9.69 Å². The molecule has 0 saturated heterocycles. The van der Waals surface area contributed by atoms with E-state index in [-0.39, 0.29) is 12.2 Å². The zero-order valence-corrected chi connectivity index (χ0v) is 17.6. The monoisotopic (exact) mass is 413 g/mol. The number of benzene rings is 1. The van der Waals surface area contributed by atoms with Crippen LogP contribution in [-0.2, 0) is 6.54 Å². The Labute approximate surface area is 174 Å². The van der Waals surface area contributed by atoms with E-state index in [0.717, 1.165) is 15.5 Å². The zero-order chi connectivity index (χ0) is 20.8. The highest BCUT2D eigenvalue weighted by molar-refractivity contribution is 7.18. The van der Waals surface area contributed by atoms with E-state index in [1.807, 2.05) is 41.3 Å². The van der Waals surface area contributed by atoms with Crippen LogP contribution >= 0.6 is 11.3 Å². The van der Waals surface area contributed by atoms with Crippen molar-refractivity contribution in [1.82, 2.24) is 14.9 Å². The molecule has 0 aliphatic heterocycles. The summed E-state index contributed by atoms with van der Waals surface area (Å²) in [6, 6.07) is 11.3. The Kier molecular flexibility index (Phi) is 7.19. The third-order valence-corrected chi connectivity index (χ3v) is 5.78. The maximum absolute atomic E-state index is 12.5. The van der Waals surface area contributed by atoms with E-state index >= 15 is 0 Å². The van der Waals surface area contributed by atoms with Crippen LogP contribution in [-0.4, -0.2) is 45.8 Å². The molecule has 0 fully saturated rings. The summed E-state index contributed by atoms with van der Waals surface area (Å²) < 4.78 is 5.62. The van der Waals surface area contributed by atoms with Crippen LogP contribution in [0.5, 0.6) is 5.75 Å². The summed E-state index contributed by atoms with van der Waals surface area (Å²) in [5, 5.41) is 11.0. The molecule has 7 heteroatoms. The SMILES string of the molecule is C=CCN(Cc1nc2sc(C(C)C)cc2c(=O)[nH]1)CC(O)COc1ccccc1. The highest BCUT2D eigenvalue weighted by Gasteiger charge is 2.16. The Balaban J connectivity index is 1.67. The van der Waals surface area contributed by atoms with Crippen LogP contribution in [0, 0.1) is 0 Å². The molecule has 2 N–H and O–H groups in total. The Hall–Kier alpha value is -2.48. The minimum Gasteiger partial charge on any atom is -0.491 e. The van der Waals surface area contributed by atoms with E-state index in [1.165, 1.54) is 0 Å². The molecule has 0 spiro atoms. The number of aliphatic hydroxyl groups is 1. The molecule has 1 atom stereocenters. The second kappa shape index (κ2) is 9.82. The number of H-pyrrole nitrogens is 1. The average molecular weight is 414 g/mol. The molecule has 1 unspecified atom stereocenters. The lowest BCUT2D eigenvalue weighted by Gasteiger charge is -2.23. The minimum atomic E-state index is -0.681. The quantitative estimate of drug-likeness (QED) is 0.497. The number of fused-ring (bicyclic) bond motifs is 1. The van der Waals surface area contributed by atoms with Gasteiger partial charge in [0.25, 0.3) is 5.56 Å². The summed E-state index contributed by atoms with van der Waals surface area (Å²) in [6.45, 7) is 9.53. The van der Waals surface area contributed by atoms with Gasteiger partial charge in [0.1, 0.15) is 29.1 Å². The number of ether oxygens (including phenoxy) is 1. The van der Waals surface area contributed by atoms with Crippen molar-refractivity contribution in [2.75, 3.05) is 19.7 Å². The number of aromatic amines is 1. The minimum absolute atomic E-state index is 0.125. The molecule has 2 aromatic heterocycles. The van der Waals surface area contributed by atoms with Crippen molar-refractivity contribution < 1.29 is 9.84 Å². The third kappa shape index (κ3) is 5.76.